The van der Waals surface area contributed by atoms with Gasteiger partial charge in [0.25, 0.3) is 0 Å². The summed E-state index contributed by atoms with van der Waals surface area (Å²) in [6, 6.07) is 0.484. The monoisotopic (exact) mass is 235 g/mol. The summed E-state index contributed by atoms with van der Waals surface area (Å²) in [5.41, 5.74) is 0. The Morgan fingerprint density at radius 2 is 2.14 bits per heavy atom. The highest BCUT2D eigenvalue weighted by Crippen LogP contribution is 2.15. The van der Waals surface area contributed by atoms with Crippen LogP contribution in [0.3, 0.4) is 0 Å². The first kappa shape index (κ1) is 9.92. The Bertz CT molecular complexity index is 333. The molecule has 1 aliphatic rings. The van der Waals surface area contributed by atoms with Gasteiger partial charge in [-0.05, 0) is 0 Å². The van der Waals surface area contributed by atoms with Crippen LogP contribution in [0.2, 0.25) is 0 Å². The summed E-state index contributed by atoms with van der Waals surface area (Å²) in [6.07, 6.45) is 0. The summed E-state index contributed by atoms with van der Waals surface area (Å²) < 4.78 is 16.4. The van der Waals surface area contributed by atoms with Gasteiger partial charge in [-0.2, -0.15) is 0 Å². The molecule has 0 bridgehead atoms. The van der Waals surface area contributed by atoms with E-state index in [4.69, 9.17) is 16.0 Å². The lowest BCUT2D eigenvalue weighted by Crippen LogP contribution is -2.37. The van der Waals surface area contributed by atoms with Crippen molar-refractivity contribution in [1.29, 1.82) is 0 Å². The Labute approximate surface area is 88.9 Å². The minimum Gasteiger partial charge on any atom is -0.407 e. The number of aromatic nitrogens is 2. The Balaban J connectivity index is 2.04. The molecule has 0 aliphatic carbocycles. The topological polar surface area (TPSA) is 59.2 Å². The Kier molecular flexibility index (Phi) is 3.02. The highest BCUT2D eigenvalue weighted by molar-refractivity contribution is 7.85. The lowest BCUT2D eigenvalue weighted by molar-refractivity contribution is 0.502. The first-order chi connectivity index (χ1) is 6.79. The number of hydrogen-bond acceptors (Lipinski definition) is 5. The van der Waals surface area contributed by atoms with Gasteiger partial charge in [0.2, 0.25) is 5.89 Å². The van der Waals surface area contributed by atoms with Crippen LogP contribution in [0.25, 0.3) is 0 Å². The molecule has 78 valence electrons. The first-order valence-electron chi connectivity index (χ1n) is 4.28. The molecule has 0 saturated carbocycles. The maximum atomic E-state index is 11.1. The van der Waals surface area contributed by atoms with Crippen LogP contribution in [0.4, 0.5) is 6.01 Å². The third-order valence-electron chi connectivity index (χ3n) is 2.02. The standard InChI is InChI=1S/C7H10ClN3O2S/c8-5-6-9-10-7(13-6)11-1-3-14(12)4-2-11/h1-5H2. The molecule has 2 rings (SSSR count). The zero-order valence-corrected chi connectivity index (χ0v) is 9.05. The van der Waals surface area contributed by atoms with Crippen molar-refractivity contribution in [3.63, 3.8) is 0 Å². The summed E-state index contributed by atoms with van der Waals surface area (Å²) in [6.45, 7) is 1.41. The van der Waals surface area contributed by atoms with Crippen LogP contribution in [-0.2, 0) is 16.7 Å². The summed E-state index contributed by atoms with van der Waals surface area (Å²) >= 11 is 5.54. The molecule has 5 nitrogen and oxygen atoms in total. The molecule has 0 N–H and O–H groups in total. The van der Waals surface area contributed by atoms with E-state index in [9.17, 15) is 4.21 Å². The first-order valence-corrected chi connectivity index (χ1v) is 6.30. The molecule has 1 aromatic heterocycles. The molecule has 1 saturated heterocycles. The van der Waals surface area contributed by atoms with Crippen molar-refractivity contribution in [2.45, 2.75) is 5.88 Å². The normalized spacial score (nSPS) is 18.8. The minimum atomic E-state index is -0.687. The van der Waals surface area contributed by atoms with Crippen LogP contribution in [0.15, 0.2) is 4.42 Å². The van der Waals surface area contributed by atoms with Crippen molar-refractivity contribution >= 4 is 28.4 Å². The summed E-state index contributed by atoms with van der Waals surface area (Å²) in [5.74, 6) is 1.98. The quantitative estimate of drug-likeness (QED) is 0.694. The van der Waals surface area contributed by atoms with Crippen molar-refractivity contribution in [3.8, 4) is 0 Å². The van der Waals surface area contributed by atoms with E-state index >= 15 is 0 Å². The van der Waals surface area contributed by atoms with E-state index in [1.54, 1.807) is 0 Å². The van der Waals surface area contributed by atoms with Crippen molar-refractivity contribution in [2.24, 2.45) is 0 Å². The average Bonchev–Trinajstić information content (AvgIpc) is 2.67. The molecular weight excluding hydrogens is 226 g/mol. The van der Waals surface area contributed by atoms with Crippen molar-refractivity contribution < 1.29 is 8.63 Å². The average molecular weight is 236 g/mol. The number of nitrogens with zero attached hydrogens (tertiary/aromatic N) is 3. The van der Waals surface area contributed by atoms with Gasteiger partial charge in [-0.3, -0.25) is 4.21 Å². The van der Waals surface area contributed by atoms with Crippen LogP contribution in [0, 0.1) is 0 Å². The maximum Gasteiger partial charge on any atom is 0.318 e. The van der Waals surface area contributed by atoms with Gasteiger partial charge in [0.15, 0.2) is 0 Å². The predicted octanol–water partition coefficient (Wildman–Crippen LogP) is 0.377. The smallest absolute Gasteiger partial charge is 0.318 e. The van der Waals surface area contributed by atoms with Gasteiger partial charge in [0.05, 0.1) is 0 Å². The lowest BCUT2D eigenvalue weighted by atomic mass is 10.5. The molecule has 1 aliphatic heterocycles. The van der Waals surface area contributed by atoms with Crippen LogP contribution in [0.5, 0.6) is 0 Å². The van der Waals surface area contributed by atoms with Gasteiger partial charge >= 0.3 is 6.01 Å². The van der Waals surface area contributed by atoms with E-state index < -0.39 is 10.8 Å². The zero-order valence-electron chi connectivity index (χ0n) is 7.48. The largest absolute Gasteiger partial charge is 0.407 e. The van der Waals surface area contributed by atoms with Gasteiger partial charge in [0, 0.05) is 35.4 Å². The molecule has 2 heterocycles. The number of alkyl halides is 1. The summed E-state index contributed by atoms with van der Waals surface area (Å²) in [7, 11) is -0.687. The van der Waals surface area contributed by atoms with Gasteiger partial charge in [-0.1, -0.05) is 5.10 Å². The molecule has 0 atom stereocenters. The molecule has 0 amide bonds. The molecule has 0 spiro atoms. The second-order valence-corrected chi connectivity index (χ2v) is 4.91. The fraction of sp³-hybridized carbons (Fsp3) is 0.714. The van der Waals surface area contributed by atoms with Gasteiger partial charge < -0.3 is 9.32 Å². The van der Waals surface area contributed by atoms with E-state index in [0.717, 1.165) is 0 Å². The number of rotatable bonds is 2. The van der Waals surface area contributed by atoms with Crippen LogP contribution < -0.4 is 4.90 Å². The van der Waals surface area contributed by atoms with E-state index in [1.165, 1.54) is 0 Å². The highest BCUT2D eigenvalue weighted by atomic mass is 35.5. The molecule has 14 heavy (non-hydrogen) atoms. The number of hydrogen-bond donors (Lipinski definition) is 0. The van der Waals surface area contributed by atoms with Crippen LogP contribution >= 0.6 is 11.6 Å². The number of anilines is 1. The van der Waals surface area contributed by atoms with Gasteiger partial charge in [-0.25, -0.2) is 0 Å². The van der Waals surface area contributed by atoms with Crippen molar-refractivity contribution in [2.75, 3.05) is 29.5 Å². The minimum absolute atomic E-state index is 0.229. The zero-order chi connectivity index (χ0) is 9.97. The highest BCUT2D eigenvalue weighted by Gasteiger charge is 2.19. The maximum absolute atomic E-state index is 11.1. The lowest BCUT2D eigenvalue weighted by Gasteiger charge is -2.23. The summed E-state index contributed by atoms with van der Waals surface area (Å²) in [5, 5.41) is 7.62. The second-order valence-electron chi connectivity index (χ2n) is 2.95. The SMILES string of the molecule is O=S1CCN(c2nnc(CCl)o2)CC1. The third kappa shape index (κ3) is 2.06. The predicted molar refractivity (Wildman–Crippen MR) is 53.9 cm³/mol. The van der Waals surface area contributed by atoms with Crippen LogP contribution in [-0.4, -0.2) is 39.0 Å². The number of halogens is 1. The van der Waals surface area contributed by atoms with Crippen LogP contribution in [0.1, 0.15) is 5.89 Å². The fourth-order valence-corrected chi connectivity index (χ4v) is 2.42. The molecule has 7 heteroatoms. The molecule has 1 aromatic rings. The second kappa shape index (κ2) is 4.27. The summed E-state index contributed by atoms with van der Waals surface area (Å²) in [4.78, 5) is 1.93. The Morgan fingerprint density at radius 3 is 2.71 bits per heavy atom. The molecule has 0 aromatic carbocycles. The van der Waals surface area contributed by atoms with Crippen molar-refractivity contribution in [3.05, 3.63) is 5.89 Å². The molecule has 1 fully saturated rings. The van der Waals surface area contributed by atoms with E-state index in [1.807, 2.05) is 4.90 Å². The van der Waals surface area contributed by atoms with Crippen molar-refractivity contribution in [1.82, 2.24) is 10.2 Å². The fourth-order valence-electron chi connectivity index (χ4n) is 1.26. The van der Waals surface area contributed by atoms with E-state index in [-0.39, 0.29) is 5.88 Å². The van der Waals surface area contributed by atoms with E-state index in [2.05, 4.69) is 10.2 Å². The molecule has 0 unspecified atom stereocenters. The third-order valence-corrected chi connectivity index (χ3v) is 3.52. The molecule has 0 radical (unpaired) electrons. The van der Waals surface area contributed by atoms with E-state index in [0.29, 0.717) is 36.5 Å². The van der Waals surface area contributed by atoms with Gasteiger partial charge in [-0.15, -0.1) is 16.7 Å². The Morgan fingerprint density at radius 1 is 1.43 bits per heavy atom. The molecular formula is C7H10ClN3O2S. The Hall–Kier alpha value is -0.620. The van der Waals surface area contributed by atoms with Gasteiger partial charge in [0.1, 0.15) is 5.88 Å².